The van der Waals surface area contributed by atoms with E-state index in [0.29, 0.717) is 5.69 Å². The Morgan fingerprint density at radius 1 is 1.19 bits per heavy atom. The lowest BCUT2D eigenvalue weighted by atomic mass is 10.1. The highest BCUT2D eigenvalue weighted by Crippen LogP contribution is 2.30. The number of nitrogens with zero attached hydrogens (tertiary/aromatic N) is 1. The third kappa shape index (κ3) is 3.49. The Morgan fingerprint density at radius 3 is 2.52 bits per heavy atom. The maximum atomic E-state index is 11.9. The predicted octanol–water partition coefficient (Wildman–Crippen LogP) is 2.21. The molecule has 5 nitrogen and oxygen atoms in total. The molecule has 0 radical (unpaired) electrons. The lowest BCUT2D eigenvalue weighted by Gasteiger charge is -2.33. The predicted molar refractivity (Wildman–Crippen MR) is 84.3 cm³/mol. The van der Waals surface area contributed by atoms with Gasteiger partial charge in [-0.15, -0.1) is 0 Å². The number of hydrogen-bond acceptors (Lipinski definition) is 4. The summed E-state index contributed by atoms with van der Waals surface area (Å²) in [6, 6.07) is 7.63. The molecule has 1 aliphatic heterocycles. The largest absolute Gasteiger partial charge is 0.380 e. The van der Waals surface area contributed by atoms with Gasteiger partial charge in [0.05, 0.1) is 11.4 Å². The second-order valence-electron chi connectivity index (χ2n) is 5.84. The second-order valence-corrected chi connectivity index (χ2v) is 7.80. The van der Waals surface area contributed by atoms with Gasteiger partial charge < -0.3 is 9.64 Å². The van der Waals surface area contributed by atoms with Gasteiger partial charge in [-0.05, 0) is 49.9 Å². The molecular formula is C15H22N2O3S. The first-order valence-corrected chi connectivity index (χ1v) is 9.02. The molecule has 21 heavy (non-hydrogen) atoms. The van der Waals surface area contributed by atoms with Crippen molar-refractivity contribution in [3.63, 3.8) is 0 Å². The Balaban J connectivity index is 1.66. The summed E-state index contributed by atoms with van der Waals surface area (Å²) in [5, 5.41) is -0.193. The van der Waals surface area contributed by atoms with E-state index in [9.17, 15) is 8.42 Å². The van der Waals surface area contributed by atoms with Gasteiger partial charge in [0, 0.05) is 31.6 Å². The molecule has 1 aromatic carbocycles. The third-order valence-electron chi connectivity index (χ3n) is 4.17. The van der Waals surface area contributed by atoms with Crippen molar-refractivity contribution in [1.29, 1.82) is 0 Å². The van der Waals surface area contributed by atoms with Crippen LogP contribution in [0.2, 0.25) is 0 Å². The molecule has 0 bridgehead atoms. The minimum absolute atomic E-state index is 0.193. The molecule has 3 rings (SSSR count). The molecule has 2 fully saturated rings. The van der Waals surface area contributed by atoms with Crippen LogP contribution in [-0.2, 0) is 14.8 Å². The van der Waals surface area contributed by atoms with Crippen molar-refractivity contribution >= 4 is 21.4 Å². The van der Waals surface area contributed by atoms with Gasteiger partial charge in [0.1, 0.15) is 0 Å². The van der Waals surface area contributed by atoms with Crippen LogP contribution < -0.4 is 9.62 Å². The van der Waals surface area contributed by atoms with Crippen molar-refractivity contribution in [2.24, 2.45) is 0 Å². The molecule has 0 unspecified atom stereocenters. The molecule has 6 heteroatoms. The Bertz CT molecular complexity index is 581. The van der Waals surface area contributed by atoms with E-state index in [0.717, 1.165) is 44.5 Å². The van der Waals surface area contributed by atoms with Crippen LogP contribution >= 0.6 is 0 Å². The molecule has 0 amide bonds. The van der Waals surface area contributed by atoms with Crippen LogP contribution in [0.5, 0.6) is 0 Å². The van der Waals surface area contributed by atoms with Gasteiger partial charge in [-0.2, -0.15) is 0 Å². The molecular weight excluding hydrogens is 288 g/mol. The lowest BCUT2D eigenvalue weighted by Crippen LogP contribution is -2.39. The number of benzene rings is 1. The number of anilines is 2. The van der Waals surface area contributed by atoms with Gasteiger partial charge in [-0.3, -0.25) is 4.72 Å². The van der Waals surface area contributed by atoms with Crippen molar-refractivity contribution in [2.45, 2.75) is 37.0 Å². The van der Waals surface area contributed by atoms with Crippen LogP contribution in [0.15, 0.2) is 24.3 Å². The Morgan fingerprint density at radius 2 is 1.90 bits per heavy atom. The molecule has 1 saturated heterocycles. The zero-order chi connectivity index (χ0) is 14.9. The molecule has 1 saturated carbocycles. The first-order chi connectivity index (χ1) is 10.1. The van der Waals surface area contributed by atoms with E-state index in [1.165, 1.54) is 0 Å². The van der Waals surface area contributed by atoms with Crippen molar-refractivity contribution in [3.8, 4) is 0 Å². The van der Waals surface area contributed by atoms with Crippen LogP contribution in [0.3, 0.4) is 0 Å². The van der Waals surface area contributed by atoms with E-state index >= 15 is 0 Å². The van der Waals surface area contributed by atoms with Gasteiger partial charge in [-0.25, -0.2) is 8.42 Å². The Kier molecular flexibility index (Phi) is 4.08. The summed E-state index contributed by atoms with van der Waals surface area (Å²) in [5.41, 5.74) is 1.76. The number of nitrogens with one attached hydrogen (secondary N) is 1. The maximum absolute atomic E-state index is 11.9. The van der Waals surface area contributed by atoms with Gasteiger partial charge >= 0.3 is 0 Å². The average Bonchev–Trinajstić information content (AvgIpc) is 3.33. The highest BCUT2D eigenvalue weighted by atomic mass is 32.2. The number of ether oxygens (including phenoxy) is 1. The van der Waals surface area contributed by atoms with Gasteiger partial charge in [0.25, 0.3) is 0 Å². The van der Waals surface area contributed by atoms with E-state index in [-0.39, 0.29) is 11.4 Å². The fraction of sp³-hybridized carbons (Fsp3) is 0.600. The van der Waals surface area contributed by atoms with E-state index < -0.39 is 10.0 Å². The van der Waals surface area contributed by atoms with Gasteiger partial charge in [-0.1, -0.05) is 0 Å². The summed E-state index contributed by atoms with van der Waals surface area (Å²) in [4.78, 5) is 2.29. The van der Waals surface area contributed by atoms with Crippen LogP contribution in [0.4, 0.5) is 11.4 Å². The van der Waals surface area contributed by atoms with Crippen molar-refractivity contribution in [2.75, 3.05) is 29.8 Å². The Hall–Kier alpha value is -1.27. The minimum Gasteiger partial charge on any atom is -0.380 e. The topological polar surface area (TPSA) is 58.6 Å². The lowest BCUT2D eigenvalue weighted by molar-refractivity contribution is 0.0893. The molecule has 1 aromatic rings. The van der Waals surface area contributed by atoms with E-state index in [1.54, 1.807) is 7.11 Å². The highest BCUT2D eigenvalue weighted by molar-refractivity contribution is 7.93. The number of piperidine rings is 1. The average molecular weight is 310 g/mol. The molecule has 1 N–H and O–H groups in total. The molecule has 116 valence electrons. The second kappa shape index (κ2) is 5.85. The zero-order valence-corrected chi connectivity index (χ0v) is 13.1. The number of rotatable bonds is 5. The summed E-state index contributed by atoms with van der Waals surface area (Å²) < 4.78 is 31.9. The van der Waals surface area contributed by atoms with Crippen LogP contribution in [0.1, 0.15) is 25.7 Å². The summed E-state index contributed by atoms with van der Waals surface area (Å²) >= 11 is 0. The summed E-state index contributed by atoms with van der Waals surface area (Å²) in [5.74, 6) is 0. The fourth-order valence-corrected chi connectivity index (χ4v) is 4.12. The monoisotopic (exact) mass is 310 g/mol. The fourth-order valence-electron chi connectivity index (χ4n) is 2.73. The highest BCUT2D eigenvalue weighted by Gasteiger charge is 2.35. The van der Waals surface area contributed by atoms with Crippen molar-refractivity contribution in [1.82, 2.24) is 0 Å². The van der Waals surface area contributed by atoms with E-state index in [4.69, 9.17) is 4.74 Å². The summed E-state index contributed by atoms with van der Waals surface area (Å²) in [7, 11) is -1.42. The minimum atomic E-state index is -3.17. The van der Waals surface area contributed by atoms with Gasteiger partial charge in [0.2, 0.25) is 10.0 Å². The zero-order valence-electron chi connectivity index (χ0n) is 12.3. The third-order valence-corrected chi connectivity index (χ3v) is 6.04. The summed E-state index contributed by atoms with van der Waals surface area (Å²) in [6.45, 7) is 1.91. The maximum Gasteiger partial charge on any atom is 0.235 e. The normalized spacial score (nSPS) is 23.1. The van der Waals surface area contributed by atoms with Crippen molar-refractivity contribution in [3.05, 3.63) is 24.3 Å². The first kappa shape index (κ1) is 14.7. The molecule has 2 aliphatic rings. The number of sulfonamides is 1. The number of methoxy groups -OCH3 is 1. The summed E-state index contributed by atoms with van der Waals surface area (Å²) in [6.07, 6.45) is 4.06. The van der Waals surface area contributed by atoms with Crippen LogP contribution in [0.25, 0.3) is 0 Å². The quantitative estimate of drug-likeness (QED) is 0.906. The molecule has 1 aliphatic carbocycles. The first-order valence-electron chi connectivity index (χ1n) is 7.48. The molecule has 1 atom stereocenters. The van der Waals surface area contributed by atoms with Crippen LogP contribution in [0, 0.1) is 0 Å². The smallest absolute Gasteiger partial charge is 0.235 e. The molecule has 1 heterocycles. The van der Waals surface area contributed by atoms with E-state index in [1.807, 2.05) is 24.3 Å². The van der Waals surface area contributed by atoms with Gasteiger partial charge in [0.15, 0.2) is 0 Å². The van der Waals surface area contributed by atoms with Crippen LogP contribution in [-0.4, -0.2) is 40.0 Å². The standard InChI is InChI=1S/C15H22N2O3S/c1-20-14-3-2-10-17(11-14)13-6-4-12(5-7-13)16-21(18,19)15-8-9-15/h4-7,14-16H,2-3,8-11H2,1H3/t14-/m1/s1. The molecule has 0 spiro atoms. The van der Waals surface area contributed by atoms with Crippen molar-refractivity contribution < 1.29 is 13.2 Å². The Labute approximate surface area is 126 Å². The SMILES string of the molecule is CO[C@@H]1CCCN(c2ccc(NS(=O)(=O)C3CC3)cc2)C1. The number of hydrogen-bond donors (Lipinski definition) is 1. The molecule has 0 aromatic heterocycles. The van der Waals surface area contributed by atoms with E-state index in [2.05, 4.69) is 9.62 Å².